The fourth-order valence-corrected chi connectivity index (χ4v) is 3.02. The summed E-state index contributed by atoms with van der Waals surface area (Å²) < 4.78 is 10.4. The zero-order valence-electron chi connectivity index (χ0n) is 17.7. The Hall–Kier alpha value is -3.40. The zero-order valence-corrected chi connectivity index (χ0v) is 17.7. The van der Waals surface area contributed by atoms with Gasteiger partial charge in [-0.05, 0) is 74.2 Å². The first-order valence-corrected chi connectivity index (χ1v) is 10.1. The molecule has 0 aliphatic heterocycles. The number of carbonyl (C=O) groups is 2. The molecule has 0 N–H and O–H groups in total. The van der Waals surface area contributed by atoms with Crippen molar-refractivity contribution in [3.8, 4) is 22.3 Å². The first-order valence-electron chi connectivity index (χ1n) is 10.1. The number of esters is 2. The summed E-state index contributed by atoms with van der Waals surface area (Å²) in [7, 11) is 0. The van der Waals surface area contributed by atoms with E-state index in [9.17, 15) is 9.59 Å². The molecule has 3 rings (SSSR count). The summed E-state index contributed by atoms with van der Waals surface area (Å²) >= 11 is 0. The van der Waals surface area contributed by atoms with E-state index in [1.165, 1.54) is 0 Å². The third-order valence-electron chi connectivity index (χ3n) is 4.48. The topological polar surface area (TPSA) is 52.6 Å². The van der Waals surface area contributed by atoms with Gasteiger partial charge in [0.2, 0.25) is 0 Å². The van der Waals surface area contributed by atoms with Crippen LogP contribution in [0, 0.1) is 0 Å². The Labute approximate surface area is 177 Å². The summed E-state index contributed by atoms with van der Waals surface area (Å²) in [5.74, 6) is -0.625. The fourth-order valence-electron chi connectivity index (χ4n) is 3.02. The maximum Gasteiger partial charge on any atom is 0.338 e. The van der Waals surface area contributed by atoms with Crippen molar-refractivity contribution >= 4 is 11.9 Å². The third kappa shape index (κ3) is 5.35. The van der Waals surface area contributed by atoms with Crippen LogP contribution in [0.2, 0.25) is 0 Å². The minimum absolute atomic E-state index is 0.139. The zero-order chi connectivity index (χ0) is 21.7. The molecule has 0 spiro atoms. The van der Waals surface area contributed by atoms with Crippen molar-refractivity contribution in [2.75, 3.05) is 0 Å². The number of hydrogen-bond acceptors (Lipinski definition) is 4. The van der Waals surface area contributed by atoms with Crippen molar-refractivity contribution in [1.29, 1.82) is 0 Å². The second kappa shape index (κ2) is 9.40. The molecule has 3 aromatic rings. The lowest BCUT2D eigenvalue weighted by Crippen LogP contribution is -2.11. The molecule has 154 valence electrons. The lowest BCUT2D eigenvalue weighted by molar-refractivity contribution is 0.0367. The molecule has 30 heavy (non-hydrogen) atoms. The molecule has 4 heteroatoms. The number of carbonyl (C=O) groups excluding carboxylic acids is 2. The fraction of sp³-hybridized carbons (Fsp3) is 0.231. The summed E-state index contributed by atoms with van der Waals surface area (Å²) in [5.41, 5.74) is 5.24. The van der Waals surface area contributed by atoms with Crippen molar-refractivity contribution in [3.05, 3.63) is 83.9 Å². The number of benzene rings is 3. The summed E-state index contributed by atoms with van der Waals surface area (Å²) in [4.78, 5) is 23.9. The quantitative estimate of drug-likeness (QED) is 0.464. The van der Waals surface area contributed by atoms with Crippen LogP contribution in [0.15, 0.2) is 72.8 Å². The van der Waals surface area contributed by atoms with E-state index in [2.05, 4.69) is 0 Å². The average Bonchev–Trinajstić information content (AvgIpc) is 2.73. The van der Waals surface area contributed by atoms with Gasteiger partial charge in [-0.2, -0.15) is 0 Å². The molecule has 0 saturated heterocycles. The molecular weight excluding hydrogens is 376 g/mol. The van der Waals surface area contributed by atoms with Gasteiger partial charge in [0, 0.05) is 0 Å². The maximum absolute atomic E-state index is 12.0. The summed E-state index contributed by atoms with van der Waals surface area (Å²) in [6.45, 7) is 7.33. The monoisotopic (exact) mass is 402 g/mol. The van der Waals surface area contributed by atoms with Gasteiger partial charge in [0.15, 0.2) is 0 Å². The smallest absolute Gasteiger partial charge is 0.338 e. The largest absolute Gasteiger partial charge is 0.459 e. The molecule has 0 atom stereocenters. The van der Waals surface area contributed by atoms with Crippen LogP contribution < -0.4 is 0 Å². The number of ether oxygens (including phenoxy) is 2. The number of hydrogen-bond donors (Lipinski definition) is 0. The standard InChI is InChI=1S/C26H26O4/c1-17(2)29-25(27)23-13-9-21(10-14-23)19-5-7-20(8-6-19)22-11-15-24(16-12-22)26(28)30-18(3)4/h5-18H,1-4H3. The van der Waals surface area contributed by atoms with Gasteiger partial charge in [0.1, 0.15) is 0 Å². The highest BCUT2D eigenvalue weighted by Gasteiger charge is 2.10. The highest BCUT2D eigenvalue weighted by molar-refractivity contribution is 5.91. The molecule has 0 radical (unpaired) electrons. The lowest BCUT2D eigenvalue weighted by atomic mass is 9.99. The molecule has 0 saturated carbocycles. The maximum atomic E-state index is 12.0. The first-order chi connectivity index (χ1) is 14.3. The van der Waals surface area contributed by atoms with Crippen LogP contribution in [0.4, 0.5) is 0 Å². The molecular formula is C26H26O4. The van der Waals surface area contributed by atoms with E-state index in [0.29, 0.717) is 11.1 Å². The Balaban J connectivity index is 1.72. The molecule has 0 amide bonds. The van der Waals surface area contributed by atoms with Crippen LogP contribution in [0.3, 0.4) is 0 Å². The summed E-state index contributed by atoms with van der Waals surface area (Å²) in [5, 5.41) is 0. The molecule has 0 aliphatic carbocycles. The highest BCUT2D eigenvalue weighted by Crippen LogP contribution is 2.26. The van der Waals surface area contributed by atoms with Crippen LogP contribution in [0.5, 0.6) is 0 Å². The molecule has 0 fully saturated rings. The predicted molar refractivity (Wildman–Crippen MR) is 118 cm³/mol. The number of rotatable bonds is 6. The molecule has 0 heterocycles. The van der Waals surface area contributed by atoms with Gasteiger partial charge < -0.3 is 9.47 Å². The van der Waals surface area contributed by atoms with Crippen molar-refractivity contribution in [1.82, 2.24) is 0 Å². The Kier molecular flexibility index (Phi) is 6.68. The van der Waals surface area contributed by atoms with Crippen molar-refractivity contribution in [2.45, 2.75) is 39.9 Å². The second-order valence-corrected chi connectivity index (χ2v) is 7.64. The van der Waals surface area contributed by atoms with E-state index in [-0.39, 0.29) is 24.1 Å². The molecule has 4 nitrogen and oxygen atoms in total. The average molecular weight is 402 g/mol. The van der Waals surface area contributed by atoms with E-state index in [4.69, 9.17) is 9.47 Å². The molecule has 0 aliphatic rings. The van der Waals surface area contributed by atoms with Gasteiger partial charge in [0.05, 0.1) is 23.3 Å². The molecule has 0 bridgehead atoms. The van der Waals surface area contributed by atoms with Crippen molar-refractivity contribution in [3.63, 3.8) is 0 Å². The van der Waals surface area contributed by atoms with Gasteiger partial charge >= 0.3 is 11.9 Å². The minimum Gasteiger partial charge on any atom is -0.459 e. The first kappa shape index (κ1) is 21.3. The second-order valence-electron chi connectivity index (χ2n) is 7.64. The van der Waals surface area contributed by atoms with E-state index < -0.39 is 0 Å². The van der Waals surface area contributed by atoms with Crippen LogP contribution in [0.1, 0.15) is 48.4 Å². The normalized spacial score (nSPS) is 10.9. The van der Waals surface area contributed by atoms with Gasteiger partial charge in [-0.3, -0.25) is 0 Å². The lowest BCUT2D eigenvalue weighted by Gasteiger charge is -2.10. The predicted octanol–water partition coefficient (Wildman–Crippen LogP) is 6.15. The Morgan fingerprint density at radius 3 is 0.967 bits per heavy atom. The van der Waals surface area contributed by atoms with E-state index >= 15 is 0 Å². The van der Waals surface area contributed by atoms with Crippen LogP contribution in [-0.2, 0) is 9.47 Å². The van der Waals surface area contributed by atoms with Gasteiger partial charge in [-0.25, -0.2) is 9.59 Å². The van der Waals surface area contributed by atoms with Crippen molar-refractivity contribution < 1.29 is 19.1 Å². The van der Waals surface area contributed by atoms with E-state index in [1.54, 1.807) is 24.3 Å². The van der Waals surface area contributed by atoms with Crippen LogP contribution in [0.25, 0.3) is 22.3 Å². The molecule has 0 unspecified atom stereocenters. The summed E-state index contributed by atoms with van der Waals surface area (Å²) in [6.07, 6.45) is -0.278. The van der Waals surface area contributed by atoms with E-state index in [1.807, 2.05) is 76.2 Å². The van der Waals surface area contributed by atoms with Crippen molar-refractivity contribution in [2.24, 2.45) is 0 Å². The van der Waals surface area contributed by atoms with Gasteiger partial charge in [0.25, 0.3) is 0 Å². The minimum atomic E-state index is -0.312. The summed E-state index contributed by atoms with van der Waals surface area (Å²) in [6, 6.07) is 23.0. The highest BCUT2D eigenvalue weighted by atomic mass is 16.5. The van der Waals surface area contributed by atoms with Gasteiger partial charge in [-0.1, -0.05) is 48.5 Å². The SMILES string of the molecule is CC(C)OC(=O)c1ccc(-c2ccc(-c3ccc(C(=O)OC(C)C)cc3)cc2)cc1. The van der Waals surface area contributed by atoms with Crippen LogP contribution in [-0.4, -0.2) is 24.1 Å². The van der Waals surface area contributed by atoms with E-state index in [0.717, 1.165) is 22.3 Å². The Morgan fingerprint density at radius 2 is 0.733 bits per heavy atom. The molecule has 3 aromatic carbocycles. The van der Waals surface area contributed by atoms with Gasteiger partial charge in [-0.15, -0.1) is 0 Å². The van der Waals surface area contributed by atoms with Crippen LogP contribution >= 0.6 is 0 Å². The Bertz CT molecular complexity index is 914. The Morgan fingerprint density at radius 1 is 0.500 bits per heavy atom. The molecule has 0 aromatic heterocycles. The third-order valence-corrected chi connectivity index (χ3v) is 4.48.